The third kappa shape index (κ3) is 4.57. The van der Waals surface area contributed by atoms with Crippen molar-refractivity contribution in [2.24, 2.45) is 0 Å². The molecule has 3 rings (SSSR count). The summed E-state index contributed by atoms with van der Waals surface area (Å²) in [7, 11) is 1.22. The molecule has 7 nitrogen and oxygen atoms in total. The van der Waals surface area contributed by atoms with E-state index >= 15 is 0 Å². The molecule has 0 aliphatic heterocycles. The molecule has 7 heteroatoms. The highest BCUT2D eigenvalue weighted by molar-refractivity contribution is 6.06. The van der Waals surface area contributed by atoms with Crippen molar-refractivity contribution in [3.8, 4) is 11.5 Å². The monoisotopic (exact) mass is 406 g/mol. The number of pyridine rings is 1. The predicted molar refractivity (Wildman–Crippen MR) is 112 cm³/mol. The summed E-state index contributed by atoms with van der Waals surface area (Å²) in [5.41, 5.74) is 3.05. The summed E-state index contributed by atoms with van der Waals surface area (Å²) in [6.07, 6.45) is 3.44. The number of amides is 1. The fourth-order valence-corrected chi connectivity index (χ4v) is 3.06. The molecule has 154 valence electrons. The Kier molecular flexibility index (Phi) is 6.32. The van der Waals surface area contributed by atoms with Gasteiger partial charge in [0.2, 0.25) is 0 Å². The van der Waals surface area contributed by atoms with Gasteiger partial charge in [-0.3, -0.25) is 9.78 Å². The molecule has 0 saturated carbocycles. The molecule has 0 fully saturated rings. The van der Waals surface area contributed by atoms with Crippen LogP contribution in [0.3, 0.4) is 0 Å². The van der Waals surface area contributed by atoms with Gasteiger partial charge in [-0.05, 0) is 55.3 Å². The molecule has 0 aliphatic rings. The second kappa shape index (κ2) is 9.09. The number of nitrogens with one attached hydrogen (secondary N) is 1. The van der Waals surface area contributed by atoms with E-state index in [-0.39, 0.29) is 17.0 Å². The molecule has 2 aromatic carbocycles. The average molecular weight is 406 g/mol. The fraction of sp³-hybridized carbons (Fsp3) is 0.174. The zero-order chi connectivity index (χ0) is 21.7. The van der Waals surface area contributed by atoms with Crippen molar-refractivity contribution in [3.05, 3.63) is 82.7 Å². The number of anilines is 1. The second-order valence-electron chi connectivity index (χ2n) is 6.74. The first-order valence-corrected chi connectivity index (χ1v) is 9.25. The molecular weight excluding hydrogens is 384 g/mol. The highest BCUT2D eigenvalue weighted by Crippen LogP contribution is 2.30. The third-order valence-corrected chi connectivity index (χ3v) is 4.52. The molecule has 0 saturated heterocycles. The molecular formula is C23H22N2O5. The van der Waals surface area contributed by atoms with Crippen LogP contribution in [-0.2, 0) is 11.3 Å². The summed E-state index contributed by atoms with van der Waals surface area (Å²) in [5.74, 6) is -0.753. The molecule has 0 atom stereocenters. The number of carbonyl (C=O) groups is 2. The average Bonchev–Trinajstić information content (AvgIpc) is 2.74. The minimum atomic E-state index is -0.689. The van der Waals surface area contributed by atoms with E-state index in [0.717, 1.165) is 16.7 Å². The van der Waals surface area contributed by atoms with Crippen LogP contribution in [0.15, 0.2) is 54.9 Å². The lowest BCUT2D eigenvalue weighted by molar-refractivity contribution is 0.0597. The van der Waals surface area contributed by atoms with Gasteiger partial charge >= 0.3 is 5.97 Å². The Bertz CT molecular complexity index is 1060. The van der Waals surface area contributed by atoms with E-state index in [2.05, 4.69) is 15.0 Å². The van der Waals surface area contributed by atoms with Gasteiger partial charge in [0, 0.05) is 23.5 Å². The first-order valence-electron chi connectivity index (χ1n) is 9.25. The maximum Gasteiger partial charge on any atom is 0.341 e. The van der Waals surface area contributed by atoms with Crippen LogP contribution < -0.4 is 10.1 Å². The number of hydrogen-bond acceptors (Lipinski definition) is 6. The van der Waals surface area contributed by atoms with E-state index in [1.165, 1.54) is 19.2 Å². The number of phenols is 1. The molecule has 0 unspecified atom stereocenters. The molecule has 1 heterocycles. The zero-order valence-electron chi connectivity index (χ0n) is 16.9. The summed E-state index contributed by atoms with van der Waals surface area (Å²) in [6.45, 7) is 4.09. The lowest BCUT2D eigenvalue weighted by Gasteiger charge is -2.15. The molecule has 30 heavy (non-hydrogen) atoms. The van der Waals surface area contributed by atoms with E-state index in [0.29, 0.717) is 17.9 Å². The van der Waals surface area contributed by atoms with Crippen LogP contribution in [0.5, 0.6) is 11.5 Å². The number of esters is 1. The number of aromatic nitrogens is 1. The number of hydrogen-bond donors (Lipinski definition) is 2. The SMILES string of the molecule is COC(=O)c1cccc(NC(=O)c2cc(C)c(OCc3cccnc3)c(C)c2)c1O. The number of benzene rings is 2. The number of aromatic hydroxyl groups is 1. The molecule has 3 aromatic rings. The topological polar surface area (TPSA) is 97.8 Å². The maximum atomic E-state index is 12.7. The van der Waals surface area contributed by atoms with Gasteiger partial charge in [-0.2, -0.15) is 0 Å². The second-order valence-corrected chi connectivity index (χ2v) is 6.74. The van der Waals surface area contributed by atoms with Crippen LogP contribution >= 0.6 is 0 Å². The van der Waals surface area contributed by atoms with Crippen LogP contribution in [0.2, 0.25) is 0 Å². The van der Waals surface area contributed by atoms with Gasteiger partial charge < -0.3 is 19.9 Å². The van der Waals surface area contributed by atoms with Gasteiger partial charge in [-0.15, -0.1) is 0 Å². The van der Waals surface area contributed by atoms with Gasteiger partial charge in [-0.25, -0.2) is 4.79 Å². The smallest absolute Gasteiger partial charge is 0.341 e. The first kappa shape index (κ1) is 20.9. The summed E-state index contributed by atoms with van der Waals surface area (Å²) in [5, 5.41) is 12.9. The standard InChI is InChI=1S/C23H22N2O5/c1-14-10-17(11-15(2)21(14)30-13-16-6-5-9-24-12-16)22(27)25-19-8-4-7-18(20(19)26)23(28)29-3/h4-12,26H,13H2,1-3H3,(H,25,27). The number of nitrogens with zero attached hydrogens (tertiary/aromatic N) is 1. The number of aryl methyl sites for hydroxylation is 2. The first-order chi connectivity index (χ1) is 14.4. The third-order valence-electron chi connectivity index (χ3n) is 4.52. The molecule has 2 N–H and O–H groups in total. The zero-order valence-corrected chi connectivity index (χ0v) is 16.9. The van der Waals surface area contributed by atoms with E-state index in [1.807, 2.05) is 26.0 Å². The Morgan fingerprint density at radius 1 is 1.10 bits per heavy atom. The van der Waals surface area contributed by atoms with Gasteiger partial charge in [0.25, 0.3) is 5.91 Å². The molecule has 1 amide bonds. The number of carbonyl (C=O) groups excluding carboxylic acids is 2. The van der Waals surface area contributed by atoms with Gasteiger partial charge in [0.15, 0.2) is 5.75 Å². The van der Waals surface area contributed by atoms with Crippen LogP contribution in [0.25, 0.3) is 0 Å². The van der Waals surface area contributed by atoms with Crippen molar-refractivity contribution in [1.29, 1.82) is 0 Å². The quantitative estimate of drug-likeness (QED) is 0.474. The van der Waals surface area contributed by atoms with Gasteiger partial charge in [0.1, 0.15) is 17.9 Å². The Morgan fingerprint density at radius 3 is 2.47 bits per heavy atom. The number of phenolic OH excluding ortho intramolecular Hbond substituents is 1. The summed E-state index contributed by atoms with van der Waals surface area (Å²) >= 11 is 0. The Hall–Kier alpha value is -3.87. The highest BCUT2D eigenvalue weighted by Gasteiger charge is 2.18. The predicted octanol–water partition coefficient (Wildman–Crippen LogP) is 4.02. The van der Waals surface area contributed by atoms with Crippen molar-refractivity contribution >= 4 is 17.6 Å². The number of rotatable bonds is 6. The fourth-order valence-electron chi connectivity index (χ4n) is 3.06. The molecule has 0 aliphatic carbocycles. The van der Waals surface area contributed by atoms with E-state index in [1.54, 1.807) is 30.6 Å². The largest absolute Gasteiger partial charge is 0.505 e. The van der Waals surface area contributed by atoms with E-state index < -0.39 is 11.9 Å². The number of ether oxygens (including phenoxy) is 2. The molecule has 0 radical (unpaired) electrons. The Labute approximate surface area is 174 Å². The van der Waals surface area contributed by atoms with Crippen molar-refractivity contribution in [3.63, 3.8) is 0 Å². The highest BCUT2D eigenvalue weighted by atomic mass is 16.5. The summed E-state index contributed by atoms with van der Waals surface area (Å²) < 4.78 is 10.5. The number of para-hydroxylation sites is 1. The Morgan fingerprint density at radius 2 is 1.83 bits per heavy atom. The Balaban J connectivity index is 1.78. The normalized spacial score (nSPS) is 10.4. The minimum Gasteiger partial charge on any atom is -0.505 e. The lowest BCUT2D eigenvalue weighted by Crippen LogP contribution is -2.14. The molecule has 0 bridgehead atoms. The van der Waals surface area contributed by atoms with Crippen molar-refractivity contribution < 1.29 is 24.2 Å². The summed E-state index contributed by atoms with van der Waals surface area (Å²) in [6, 6.07) is 11.7. The van der Waals surface area contributed by atoms with Crippen molar-refractivity contribution in [1.82, 2.24) is 4.98 Å². The van der Waals surface area contributed by atoms with Crippen molar-refractivity contribution in [2.45, 2.75) is 20.5 Å². The maximum absolute atomic E-state index is 12.7. The molecule has 1 aromatic heterocycles. The van der Waals surface area contributed by atoms with Crippen LogP contribution in [0, 0.1) is 13.8 Å². The minimum absolute atomic E-state index is 0.0261. The van der Waals surface area contributed by atoms with Crippen LogP contribution in [0.1, 0.15) is 37.4 Å². The van der Waals surface area contributed by atoms with Crippen LogP contribution in [0.4, 0.5) is 5.69 Å². The van der Waals surface area contributed by atoms with E-state index in [4.69, 9.17) is 4.74 Å². The molecule has 0 spiro atoms. The lowest BCUT2D eigenvalue weighted by atomic mass is 10.0. The number of methoxy groups -OCH3 is 1. The van der Waals surface area contributed by atoms with Gasteiger partial charge in [-0.1, -0.05) is 12.1 Å². The van der Waals surface area contributed by atoms with Crippen molar-refractivity contribution in [2.75, 3.05) is 12.4 Å². The van der Waals surface area contributed by atoms with E-state index in [9.17, 15) is 14.7 Å². The summed E-state index contributed by atoms with van der Waals surface area (Å²) in [4.78, 5) is 28.5. The van der Waals surface area contributed by atoms with Gasteiger partial charge in [0.05, 0.1) is 12.8 Å². The van der Waals surface area contributed by atoms with Crippen LogP contribution in [-0.4, -0.2) is 29.1 Å².